The van der Waals surface area contributed by atoms with Crippen LogP contribution in [0.15, 0.2) is 0 Å². The van der Waals surface area contributed by atoms with Crippen LogP contribution in [0.3, 0.4) is 0 Å². The standard InChI is InChI=1S/C7H15NO5S2/c1-14(9,10)8-6-2-4-7(5-3-6)15(11,12)13/h6-8H,2-5H2,1H3,(H,11,12,13). The molecule has 0 unspecified atom stereocenters. The SMILES string of the molecule is CS(=O)(=O)NC1CCC(S(=O)(=O)O)CC1. The molecule has 15 heavy (non-hydrogen) atoms. The van der Waals surface area contributed by atoms with Crippen LogP contribution >= 0.6 is 0 Å². The maximum atomic E-state index is 10.9. The first-order valence-electron chi connectivity index (χ1n) is 4.62. The molecule has 2 N–H and O–H groups in total. The molecule has 6 nitrogen and oxygen atoms in total. The Morgan fingerprint density at radius 3 is 1.87 bits per heavy atom. The van der Waals surface area contributed by atoms with E-state index in [-0.39, 0.29) is 6.04 Å². The van der Waals surface area contributed by atoms with Gasteiger partial charge in [-0.15, -0.1) is 0 Å². The van der Waals surface area contributed by atoms with E-state index in [0.29, 0.717) is 25.7 Å². The van der Waals surface area contributed by atoms with Crippen molar-refractivity contribution in [1.82, 2.24) is 4.72 Å². The first-order chi connectivity index (χ1) is 6.68. The Hall–Kier alpha value is -0.180. The highest BCUT2D eigenvalue weighted by atomic mass is 32.2. The van der Waals surface area contributed by atoms with Gasteiger partial charge in [0.25, 0.3) is 10.1 Å². The van der Waals surface area contributed by atoms with Crippen LogP contribution in [0.5, 0.6) is 0 Å². The summed E-state index contributed by atoms with van der Waals surface area (Å²) < 4.78 is 54.6. The van der Waals surface area contributed by atoms with E-state index >= 15 is 0 Å². The van der Waals surface area contributed by atoms with Gasteiger partial charge in [-0.2, -0.15) is 8.42 Å². The zero-order valence-electron chi connectivity index (χ0n) is 8.38. The van der Waals surface area contributed by atoms with Gasteiger partial charge in [0.2, 0.25) is 10.0 Å². The van der Waals surface area contributed by atoms with E-state index < -0.39 is 25.4 Å². The van der Waals surface area contributed by atoms with E-state index in [4.69, 9.17) is 4.55 Å². The van der Waals surface area contributed by atoms with Crippen molar-refractivity contribution >= 4 is 20.1 Å². The molecule has 0 spiro atoms. The minimum Gasteiger partial charge on any atom is -0.285 e. The number of sulfonamides is 1. The van der Waals surface area contributed by atoms with Crippen molar-refractivity contribution in [1.29, 1.82) is 0 Å². The third-order valence-electron chi connectivity index (χ3n) is 2.48. The molecule has 90 valence electrons. The summed E-state index contributed by atoms with van der Waals surface area (Å²) >= 11 is 0. The fourth-order valence-electron chi connectivity index (χ4n) is 1.78. The zero-order chi connectivity index (χ0) is 11.7. The molecule has 1 fully saturated rings. The highest BCUT2D eigenvalue weighted by Gasteiger charge is 2.30. The van der Waals surface area contributed by atoms with E-state index in [2.05, 4.69) is 4.72 Å². The van der Waals surface area contributed by atoms with E-state index in [0.717, 1.165) is 6.26 Å². The second kappa shape index (κ2) is 4.36. The molecular weight excluding hydrogens is 242 g/mol. The van der Waals surface area contributed by atoms with Gasteiger partial charge in [0, 0.05) is 6.04 Å². The average Bonchev–Trinajstić information content (AvgIpc) is 2.00. The molecule has 0 aromatic carbocycles. The van der Waals surface area contributed by atoms with Crippen molar-refractivity contribution in [2.24, 2.45) is 0 Å². The van der Waals surface area contributed by atoms with Gasteiger partial charge in [0.15, 0.2) is 0 Å². The van der Waals surface area contributed by atoms with Gasteiger partial charge in [-0.3, -0.25) is 4.55 Å². The maximum absolute atomic E-state index is 10.9. The zero-order valence-corrected chi connectivity index (χ0v) is 10.0. The normalized spacial score (nSPS) is 28.9. The Bertz CT molecular complexity index is 405. The average molecular weight is 257 g/mol. The van der Waals surface area contributed by atoms with Gasteiger partial charge < -0.3 is 0 Å². The van der Waals surface area contributed by atoms with Crippen molar-refractivity contribution in [2.45, 2.75) is 37.0 Å². The molecule has 0 heterocycles. The predicted octanol–water partition coefficient (Wildman–Crippen LogP) is -0.265. The third-order valence-corrected chi connectivity index (χ3v) is 4.55. The molecule has 8 heteroatoms. The lowest BCUT2D eigenvalue weighted by Crippen LogP contribution is -2.39. The van der Waals surface area contributed by atoms with E-state index in [1.54, 1.807) is 0 Å². The molecule has 1 saturated carbocycles. The minimum atomic E-state index is -3.97. The molecule has 1 rings (SSSR count). The van der Waals surface area contributed by atoms with Crippen LogP contribution in [0, 0.1) is 0 Å². The van der Waals surface area contributed by atoms with Crippen molar-refractivity contribution in [3.05, 3.63) is 0 Å². The smallest absolute Gasteiger partial charge is 0.267 e. The number of hydrogen-bond donors (Lipinski definition) is 2. The topological polar surface area (TPSA) is 101 Å². The minimum absolute atomic E-state index is 0.210. The van der Waals surface area contributed by atoms with E-state index in [1.165, 1.54) is 0 Å². The Morgan fingerprint density at radius 2 is 1.53 bits per heavy atom. The molecule has 0 aromatic rings. The van der Waals surface area contributed by atoms with Crippen LogP contribution in [0.25, 0.3) is 0 Å². The maximum Gasteiger partial charge on any atom is 0.267 e. The first kappa shape index (κ1) is 12.9. The lowest BCUT2D eigenvalue weighted by atomic mass is 9.96. The molecule has 0 atom stereocenters. The summed E-state index contributed by atoms with van der Waals surface area (Å²) in [6.07, 6.45) is 2.55. The quantitative estimate of drug-likeness (QED) is 0.678. The van der Waals surface area contributed by atoms with Gasteiger partial charge in [-0.05, 0) is 25.7 Å². The second-order valence-electron chi connectivity index (χ2n) is 3.88. The molecule has 0 amide bonds. The molecular formula is C7H15NO5S2. The monoisotopic (exact) mass is 257 g/mol. The molecule has 0 aliphatic heterocycles. The summed E-state index contributed by atoms with van der Waals surface area (Å²) in [5.41, 5.74) is 0. The van der Waals surface area contributed by atoms with Gasteiger partial charge in [0.05, 0.1) is 11.5 Å². The lowest BCUT2D eigenvalue weighted by Gasteiger charge is -2.26. The van der Waals surface area contributed by atoms with Crippen molar-refractivity contribution < 1.29 is 21.4 Å². The third kappa shape index (κ3) is 4.45. The molecule has 0 saturated heterocycles. The summed E-state index contributed by atoms with van der Waals surface area (Å²) in [6, 6.07) is -0.210. The fourth-order valence-corrected chi connectivity index (χ4v) is 3.49. The molecule has 1 aliphatic carbocycles. The Labute approximate surface area is 89.9 Å². The molecule has 0 radical (unpaired) electrons. The number of hydrogen-bond acceptors (Lipinski definition) is 4. The highest BCUT2D eigenvalue weighted by molar-refractivity contribution is 7.88. The van der Waals surface area contributed by atoms with Gasteiger partial charge in [-0.1, -0.05) is 0 Å². The van der Waals surface area contributed by atoms with Crippen molar-refractivity contribution in [3.63, 3.8) is 0 Å². The highest BCUT2D eigenvalue weighted by Crippen LogP contribution is 2.23. The summed E-state index contributed by atoms with van der Waals surface area (Å²) in [5, 5.41) is -0.741. The summed E-state index contributed by atoms with van der Waals surface area (Å²) in [5.74, 6) is 0. The molecule has 0 aromatic heterocycles. The predicted molar refractivity (Wildman–Crippen MR) is 55.6 cm³/mol. The fraction of sp³-hybridized carbons (Fsp3) is 1.00. The summed E-state index contributed by atoms with van der Waals surface area (Å²) in [6.45, 7) is 0. The molecule has 0 bridgehead atoms. The molecule has 1 aliphatic rings. The Kier molecular flexibility index (Phi) is 3.75. The first-order valence-corrected chi connectivity index (χ1v) is 8.01. The Balaban J connectivity index is 2.50. The van der Waals surface area contributed by atoms with Crippen LogP contribution in [-0.2, 0) is 20.1 Å². The largest absolute Gasteiger partial charge is 0.285 e. The Morgan fingerprint density at radius 1 is 1.07 bits per heavy atom. The van der Waals surface area contributed by atoms with Crippen LogP contribution in [0.4, 0.5) is 0 Å². The van der Waals surface area contributed by atoms with Gasteiger partial charge in [0.1, 0.15) is 0 Å². The number of nitrogens with one attached hydrogen (secondary N) is 1. The van der Waals surface area contributed by atoms with Crippen LogP contribution in [0.2, 0.25) is 0 Å². The summed E-state index contributed by atoms with van der Waals surface area (Å²) in [4.78, 5) is 0. The summed E-state index contributed by atoms with van der Waals surface area (Å²) in [7, 11) is -7.21. The number of rotatable bonds is 3. The van der Waals surface area contributed by atoms with E-state index in [9.17, 15) is 16.8 Å². The van der Waals surface area contributed by atoms with Crippen molar-refractivity contribution in [2.75, 3.05) is 6.26 Å². The van der Waals surface area contributed by atoms with Gasteiger partial charge in [-0.25, -0.2) is 13.1 Å². The second-order valence-corrected chi connectivity index (χ2v) is 7.36. The van der Waals surface area contributed by atoms with Crippen LogP contribution in [0.1, 0.15) is 25.7 Å². The van der Waals surface area contributed by atoms with Crippen LogP contribution in [-0.4, -0.2) is 38.9 Å². The van der Waals surface area contributed by atoms with Crippen molar-refractivity contribution in [3.8, 4) is 0 Å². The van der Waals surface area contributed by atoms with Crippen LogP contribution < -0.4 is 4.72 Å². The lowest BCUT2D eigenvalue weighted by molar-refractivity contribution is 0.385. The van der Waals surface area contributed by atoms with Gasteiger partial charge >= 0.3 is 0 Å². The van der Waals surface area contributed by atoms with E-state index in [1.807, 2.05) is 0 Å².